The van der Waals surface area contributed by atoms with Crippen LogP contribution in [0.5, 0.6) is 0 Å². The lowest BCUT2D eigenvalue weighted by Crippen LogP contribution is -2.06. The fourth-order valence-electron chi connectivity index (χ4n) is 1.86. The molecule has 0 fully saturated rings. The van der Waals surface area contributed by atoms with Gasteiger partial charge in [0.15, 0.2) is 0 Å². The van der Waals surface area contributed by atoms with Gasteiger partial charge in [-0.3, -0.25) is 4.98 Å². The van der Waals surface area contributed by atoms with Gasteiger partial charge in [0.05, 0.1) is 11.4 Å². The number of aromatic nitrogens is 2. The summed E-state index contributed by atoms with van der Waals surface area (Å²) in [5.41, 5.74) is 3.38. The molecule has 2 heterocycles. The molecule has 2 rings (SSSR count). The number of thiazole rings is 1. The average molecular weight is 261 g/mol. The van der Waals surface area contributed by atoms with E-state index in [-0.39, 0.29) is 0 Å². The third-order valence-corrected chi connectivity index (χ3v) is 3.84. The summed E-state index contributed by atoms with van der Waals surface area (Å²) in [7, 11) is 1.97. The van der Waals surface area contributed by atoms with Crippen LogP contribution in [-0.4, -0.2) is 17.0 Å². The Kier molecular flexibility index (Phi) is 4.09. The molecule has 0 atom stereocenters. The standard InChI is InChI=1S/C14H19N3S/c1-9(2)13-12(8-15-4)18-14(17-13)11-7-10(3)5-6-16-11/h5-7,9,15H,8H2,1-4H3. The van der Waals surface area contributed by atoms with Gasteiger partial charge in [-0.1, -0.05) is 13.8 Å². The van der Waals surface area contributed by atoms with Crippen LogP contribution >= 0.6 is 11.3 Å². The van der Waals surface area contributed by atoms with E-state index in [1.54, 1.807) is 11.3 Å². The first-order valence-electron chi connectivity index (χ1n) is 6.19. The molecule has 0 radical (unpaired) electrons. The van der Waals surface area contributed by atoms with Crippen LogP contribution in [0.3, 0.4) is 0 Å². The minimum absolute atomic E-state index is 0.447. The molecule has 0 spiro atoms. The SMILES string of the molecule is CNCc1sc(-c2cc(C)ccn2)nc1C(C)C. The lowest BCUT2D eigenvalue weighted by molar-refractivity contribution is 0.771. The second-order valence-electron chi connectivity index (χ2n) is 4.73. The number of nitrogens with one attached hydrogen (secondary N) is 1. The van der Waals surface area contributed by atoms with Crippen LogP contribution in [0.25, 0.3) is 10.7 Å². The summed E-state index contributed by atoms with van der Waals surface area (Å²) in [6.45, 7) is 7.32. The second kappa shape index (κ2) is 5.59. The molecule has 0 saturated carbocycles. The zero-order valence-corrected chi connectivity index (χ0v) is 12.1. The summed E-state index contributed by atoms with van der Waals surface area (Å²) < 4.78 is 0. The van der Waals surface area contributed by atoms with Crippen LogP contribution < -0.4 is 5.32 Å². The Morgan fingerprint density at radius 1 is 1.39 bits per heavy atom. The van der Waals surface area contributed by atoms with Gasteiger partial charge in [-0.15, -0.1) is 11.3 Å². The lowest BCUT2D eigenvalue weighted by Gasteiger charge is -2.03. The fraction of sp³-hybridized carbons (Fsp3) is 0.429. The zero-order valence-electron chi connectivity index (χ0n) is 11.3. The number of rotatable bonds is 4. The van der Waals surface area contributed by atoms with E-state index in [2.05, 4.69) is 37.1 Å². The number of hydrogen-bond acceptors (Lipinski definition) is 4. The maximum absolute atomic E-state index is 4.76. The largest absolute Gasteiger partial charge is 0.315 e. The van der Waals surface area contributed by atoms with Gasteiger partial charge in [-0.05, 0) is 37.6 Å². The van der Waals surface area contributed by atoms with Crippen LogP contribution in [0.2, 0.25) is 0 Å². The first-order chi connectivity index (χ1) is 8.61. The topological polar surface area (TPSA) is 37.8 Å². The minimum atomic E-state index is 0.447. The van der Waals surface area contributed by atoms with Gasteiger partial charge in [0.25, 0.3) is 0 Å². The van der Waals surface area contributed by atoms with Crippen molar-refractivity contribution in [3.05, 3.63) is 34.5 Å². The van der Waals surface area contributed by atoms with Crippen molar-refractivity contribution in [2.45, 2.75) is 33.2 Å². The molecule has 18 heavy (non-hydrogen) atoms. The average Bonchev–Trinajstić information content (AvgIpc) is 2.74. The molecule has 4 heteroatoms. The highest BCUT2D eigenvalue weighted by Crippen LogP contribution is 2.30. The lowest BCUT2D eigenvalue weighted by atomic mass is 10.1. The highest BCUT2D eigenvalue weighted by atomic mass is 32.1. The Bertz CT molecular complexity index is 532. The van der Waals surface area contributed by atoms with Crippen LogP contribution in [0.15, 0.2) is 18.3 Å². The van der Waals surface area contributed by atoms with Gasteiger partial charge in [-0.25, -0.2) is 4.98 Å². The van der Waals surface area contributed by atoms with Gasteiger partial charge in [0, 0.05) is 17.6 Å². The predicted octanol–water partition coefficient (Wildman–Crippen LogP) is 3.36. The molecule has 0 amide bonds. The predicted molar refractivity (Wildman–Crippen MR) is 76.9 cm³/mol. The summed E-state index contributed by atoms with van der Waals surface area (Å²) >= 11 is 1.74. The fourth-order valence-corrected chi connectivity index (χ4v) is 3.06. The Labute approximate surface area is 112 Å². The van der Waals surface area contributed by atoms with E-state index in [1.807, 2.05) is 19.3 Å². The molecular formula is C14H19N3S. The molecule has 1 N–H and O–H groups in total. The number of aryl methyl sites for hydroxylation is 1. The smallest absolute Gasteiger partial charge is 0.142 e. The van der Waals surface area contributed by atoms with Crippen molar-refractivity contribution in [1.82, 2.24) is 15.3 Å². The molecule has 96 valence electrons. The van der Waals surface area contributed by atoms with Gasteiger partial charge in [-0.2, -0.15) is 0 Å². The molecule has 0 unspecified atom stereocenters. The first kappa shape index (κ1) is 13.2. The molecule has 0 aliphatic rings. The molecule has 2 aromatic heterocycles. The van der Waals surface area contributed by atoms with E-state index in [0.717, 1.165) is 17.2 Å². The Balaban J connectivity index is 2.43. The van der Waals surface area contributed by atoms with Crippen LogP contribution in [0.4, 0.5) is 0 Å². The monoisotopic (exact) mass is 261 g/mol. The number of hydrogen-bond donors (Lipinski definition) is 1. The Hall–Kier alpha value is -1.26. The zero-order chi connectivity index (χ0) is 13.1. The van der Waals surface area contributed by atoms with Crippen molar-refractivity contribution >= 4 is 11.3 Å². The number of pyridine rings is 1. The van der Waals surface area contributed by atoms with Crippen LogP contribution in [0, 0.1) is 6.92 Å². The highest BCUT2D eigenvalue weighted by Gasteiger charge is 2.15. The minimum Gasteiger partial charge on any atom is -0.315 e. The number of nitrogens with zero attached hydrogens (tertiary/aromatic N) is 2. The van der Waals surface area contributed by atoms with Gasteiger partial charge >= 0.3 is 0 Å². The van der Waals surface area contributed by atoms with E-state index in [9.17, 15) is 0 Å². The maximum atomic E-state index is 4.76. The Morgan fingerprint density at radius 2 is 2.17 bits per heavy atom. The molecule has 0 aromatic carbocycles. The van der Waals surface area contributed by atoms with Crippen molar-refractivity contribution in [2.75, 3.05) is 7.05 Å². The van der Waals surface area contributed by atoms with E-state index in [0.29, 0.717) is 5.92 Å². The first-order valence-corrected chi connectivity index (χ1v) is 7.00. The third-order valence-electron chi connectivity index (χ3n) is 2.75. The maximum Gasteiger partial charge on any atom is 0.142 e. The van der Waals surface area contributed by atoms with E-state index >= 15 is 0 Å². The van der Waals surface area contributed by atoms with Crippen molar-refractivity contribution in [3.8, 4) is 10.7 Å². The van der Waals surface area contributed by atoms with Gasteiger partial charge in [0.1, 0.15) is 5.01 Å². The molecule has 3 nitrogen and oxygen atoms in total. The molecular weight excluding hydrogens is 242 g/mol. The molecule has 0 aliphatic heterocycles. The normalized spacial score (nSPS) is 11.2. The summed E-state index contributed by atoms with van der Waals surface area (Å²) in [6.07, 6.45) is 1.85. The van der Waals surface area contributed by atoms with E-state index < -0.39 is 0 Å². The quantitative estimate of drug-likeness (QED) is 0.917. The molecule has 0 saturated heterocycles. The summed E-state index contributed by atoms with van der Waals surface area (Å²) in [6, 6.07) is 4.10. The van der Waals surface area contributed by atoms with Crippen molar-refractivity contribution in [3.63, 3.8) is 0 Å². The second-order valence-corrected chi connectivity index (χ2v) is 5.81. The highest BCUT2D eigenvalue weighted by molar-refractivity contribution is 7.15. The molecule has 0 bridgehead atoms. The summed E-state index contributed by atoms with van der Waals surface area (Å²) in [5.74, 6) is 0.447. The van der Waals surface area contributed by atoms with Crippen LogP contribution in [0.1, 0.15) is 35.9 Å². The third kappa shape index (κ3) is 2.76. The van der Waals surface area contributed by atoms with Crippen molar-refractivity contribution < 1.29 is 0 Å². The molecule has 0 aliphatic carbocycles. The van der Waals surface area contributed by atoms with Gasteiger partial charge < -0.3 is 5.32 Å². The van der Waals surface area contributed by atoms with E-state index in [4.69, 9.17) is 4.98 Å². The van der Waals surface area contributed by atoms with Gasteiger partial charge in [0.2, 0.25) is 0 Å². The van der Waals surface area contributed by atoms with E-state index in [1.165, 1.54) is 16.1 Å². The Morgan fingerprint density at radius 3 is 2.78 bits per heavy atom. The van der Waals surface area contributed by atoms with Crippen molar-refractivity contribution in [1.29, 1.82) is 0 Å². The summed E-state index contributed by atoms with van der Waals surface area (Å²) in [4.78, 5) is 10.5. The van der Waals surface area contributed by atoms with Crippen LogP contribution in [-0.2, 0) is 6.54 Å². The van der Waals surface area contributed by atoms with Crippen molar-refractivity contribution in [2.24, 2.45) is 0 Å². The molecule has 2 aromatic rings. The summed E-state index contributed by atoms with van der Waals surface area (Å²) in [5, 5.41) is 4.23.